The summed E-state index contributed by atoms with van der Waals surface area (Å²) in [5.74, 6) is 1.52. The number of amides is 1. The first-order valence-electron chi connectivity index (χ1n) is 11.6. The molecular weight excluding hydrogens is 432 g/mol. The topological polar surface area (TPSA) is 93.9 Å². The molecule has 1 aliphatic heterocycles. The van der Waals surface area contributed by atoms with Gasteiger partial charge in [-0.05, 0) is 30.5 Å². The van der Waals surface area contributed by atoms with E-state index in [0.717, 1.165) is 66.1 Å². The van der Waals surface area contributed by atoms with E-state index in [4.69, 9.17) is 14.5 Å². The number of methoxy groups -OCH3 is 1. The van der Waals surface area contributed by atoms with Crippen LogP contribution in [0.3, 0.4) is 0 Å². The molecule has 2 atom stereocenters. The van der Waals surface area contributed by atoms with Crippen molar-refractivity contribution in [3.63, 3.8) is 0 Å². The van der Waals surface area contributed by atoms with Crippen LogP contribution in [0.25, 0.3) is 27.7 Å². The molecule has 6 rings (SSSR count). The SMILES string of the molecule is COc1ncc(-c2cn3cc(N4CCOCC4)ccc3n2)c2cc(NC(=O)[C@H]3C[C@H]3C)ncc12. The van der Waals surface area contributed by atoms with E-state index in [0.29, 0.717) is 17.6 Å². The van der Waals surface area contributed by atoms with Crippen LogP contribution in [0.1, 0.15) is 13.3 Å². The molecule has 174 valence electrons. The molecule has 34 heavy (non-hydrogen) atoms. The minimum Gasteiger partial charge on any atom is -0.481 e. The molecule has 1 N–H and O–H groups in total. The quantitative estimate of drug-likeness (QED) is 0.490. The lowest BCUT2D eigenvalue weighted by Crippen LogP contribution is -2.36. The zero-order valence-electron chi connectivity index (χ0n) is 19.2. The Morgan fingerprint density at radius 2 is 1.97 bits per heavy atom. The van der Waals surface area contributed by atoms with Crippen molar-refractivity contribution in [2.45, 2.75) is 13.3 Å². The van der Waals surface area contributed by atoms with Crippen LogP contribution in [-0.4, -0.2) is 58.7 Å². The number of carbonyl (C=O) groups is 1. The number of carbonyl (C=O) groups excluding carboxylic acids is 1. The molecule has 1 saturated carbocycles. The first-order valence-corrected chi connectivity index (χ1v) is 11.6. The number of hydrogen-bond donors (Lipinski definition) is 1. The Morgan fingerprint density at radius 3 is 2.74 bits per heavy atom. The van der Waals surface area contributed by atoms with Crippen LogP contribution in [0.15, 0.2) is 43.0 Å². The summed E-state index contributed by atoms with van der Waals surface area (Å²) in [4.78, 5) is 28.5. The van der Waals surface area contributed by atoms with Crippen LogP contribution in [0.2, 0.25) is 0 Å². The van der Waals surface area contributed by atoms with E-state index >= 15 is 0 Å². The van der Waals surface area contributed by atoms with Crippen LogP contribution < -0.4 is 15.0 Å². The molecule has 0 aromatic carbocycles. The summed E-state index contributed by atoms with van der Waals surface area (Å²) >= 11 is 0. The average molecular weight is 459 g/mol. The van der Waals surface area contributed by atoms with Gasteiger partial charge in [0.1, 0.15) is 11.5 Å². The Hall–Kier alpha value is -3.72. The molecule has 1 saturated heterocycles. The largest absolute Gasteiger partial charge is 0.481 e. The fourth-order valence-electron chi connectivity index (χ4n) is 4.57. The lowest BCUT2D eigenvalue weighted by atomic mass is 10.1. The van der Waals surface area contributed by atoms with Gasteiger partial charge in [-0.2, -0.15) is 0 Å². The Labute approximate surface area is 196 Å². The zero-order valence-corrected chi connectivity index (χ0v) is 19.2. The van der Waals surface area contributed by atoms with Crippen molar-refractivity contribution in [3.8, 4) is 17.1 Å². The first-order chi connectivity index (χ1) is 16.6. The van der Waals surface area contributed by atoms with Crippen molar-refractivity contribution in [2.24, 2.45) is 11.8 Å². The minimum atomic E-state index is 0.0188. The van der Waals surface area contributed by atoms with Gasteiger partial charge >= 0.3 is 0 Å². The van der Waals surface area contributed by atoms with Gasteiger partial charge in [-0.1, -0.05) is 6.92 Å². The Kier molecular flexibility index (Phi) is 5.06. The maximum absolute atomic E-state index is 12.5. The molecule has 0 spiro atoms. The van der Waals surface area contributed by atoms with E-state index in [1.54, 1.807) is 19.5 Å². The highest BCUT2D eigenvalue weighted by molar-refractivity contribution is 6.01. The monoisotopic (exact) mass is 458 g/mol. The van der Waals surface area contributed by atoms with E-state index in [9.17, 15) is 4.79 Å². The number of morpholine rings is 1. The zero-order chi connectivity index (χ0) is 23.2. The molecule has 0 unspecified atom stereocenters. The number of pyridine rings is 3. The lowest BCUT2D eigenvalue weighted by Gasteiger charge is -2.28. The fraction of sp³-hybridized carbons (Fsp3) is 0.360. The summed E-state index contributed by atoms with van der Waals surface area (Å²) in [5.41, 5.74) is 3.63. The Morgan fingerprint density at radius 1 is 1.15 bits per heavy atom. The van der Waals surface area contributed by atoms with E-state index in [-0.39, 0.29) is 11.8 Å². The smallest absolute Gasteiger partial charge is 0.228 e. The number of hydrogen-bond acceptors (Lipinski definition) is 7. The van der Waals surface area contributed by atoms with Crippen LogP contribution in [0.4, 0.5) is 11.5 Å². The second-order valence-electron chi connectivity index (χ2n) is 8.98. The Balaban J connectivity index is 1.40. The average Bonchev–Trinajstić information content (AvgIpc) is 3.45. The molecule has 5 heterocycles. The van der Waals surface area contributed by atoms with Crippen molar-refractivity contribution in [1.82, 2.24) is 19.4 Å². The molecule has 1 amide bonds. The number of nitrogens with zero attached hydrogens (tertiary/aromatic N) is 5. The predicted octanol–water partition coefficient (Wildman–Crippen LogP) is 3.38. The number of fused-ring (bicyclic) bond motifs is 2. The van der Waals surface area contributed by atoms with Gasteiger partial charge in [0, 0.05) is 54.7 Å². The van der Waals surface area contributed by atoms with Gasteiger partial charge in [-0.25, -0.2) is 15.0 Å². The third-order valence-corrected chi connectivity index (χ3v) is 6.71. The maximum atomic E-state index is 12.5. The summed E-state index contributed by atoms with van der Waals surface area (Å²) in [5, 5.41) is 4.60. The standard InChI is InChI=1S/C25H26N6O3/c1-15-9-17(15)24(32)29-22-10-18-19(11-27-25(33-2)20(18)12-26-22)21-14-31-13-16(3-4-23(31)28-21)30-5-7-34-8-6-30/h3-4,10-15,17H,5-9H2,1-2H3,(H,26,29,32)/t15-,17+/m1/s1. The highest BCUT2D eigenvalue weighted by Gasteiger charge is 2.39. The third-order valence-electron chi connectivity index (χ3n) is 6.71. The molecule has 0 radical (unpaired) electrons. The number of rotatable bonds is 5. The molecule has 2 aliphatic rings. The number of nitrogens with one attached hydrogen (secondary N) is 1. The predicted molar refractivity (Wildman–Crippen MR) is 129 cm³/mol. The van der Waals surface area contributed by atoms with E-state index in [1.807, 2.05) is 22.7 Å². The number of ether oxygens (including phenoxy) is 2. The third kappa shape index (κ3) is 3.71. The number of aromatic nitrogens is 4. The molecular formula is C25H26N6O3. The minimum absolute atomic E-state index is 0.0188. The lowest BCUT2D eigenvalue weighted by molar-refractivity contribution is -0.117. The normalized spacial score (nSPS) is 20.0. The second kappa shape index (κ2) is 8.25. The van der Waals surface area contributed by atoms with Gasteiger partial charge in [0.15, 0.2) is 0 Å². The summed E-state index contributed by atoms with van der Waals surface area (Å²) < 4.78 is 13.0. The first kappa shape index (κ1) is 20.9. The van der Waals surface area contributed by atoms with Gasteiger partial charge in [0.05, 0.1) is 37.1 Å². The molecule has 4 aromatic heterocycles. The molecule has 0 bridgehead atoms. The molecule has 9 heteroatoms. The van der Waals surface area contributed by atoms with Crippen molar-refractivity contribution < 1.29 is 14.3 Å². The molecule has 2 fully saturated rings. The number of anilines is 2. The van der Waals surface area contributed by atoms with Gasteiger partial charge in [-0.3, -0.25) is 4.79 Å². The summed E-state index contributed by atoms with van der Waals surface area (Å²) in [6, 6.07) is 6.00. The maximum Gasteiger partial charge on any atom is 0.228 e. The second-order valence-corrected chi connectivity index (χ2v) is 8.98. The highest BCUT2D eigenvalue weighted by Crippen LogP contribution is 2.39. The Bertz CT molecular complexity index is 1390. The van der Waals surface area contributed by atoms with Crippen molar-refractivity contribution >= 4 is 33.8 Å². The highest BCUT2D eigenvalue weighted by atomic mass is 16.5. The fourth-order valence-corrected chi connectivity index (χ4v) is 4.57. The summed E-state index contributed by atoms with van der Waals surface area (Å²) in [7, 11) is 1.59. The summed E-state index contributed by atoms with van der Waals surface area (Å²) in [6.07, 6.45) is 8.49. The van der Waals surface area contributed by atoms with E-state index < -0.39 is 0 Å². The van der Waals surface area contributed by atoms with Crippen LogP contribution in [0.5, 0.6) is 5.88 Å². The van der Waals surface area contributed by atoms with Gasteiger partial charge in [0.2, 0.25) is 11.8 Å². The van der Waals surface area contributed by atoms with Gasteiger partial charge < -0.3 is 24.1 Å². The number of imidazole rings is 1. The van der Waals surface area contributed by atoms with Crippen LogP contribution >= 0.6 is 0 Å². The summed E-state index contributed by atoms with van der Waals surface area (Å²) in [6.45, 7) is 5.32. The molecule has 4 aromatic rings. The van der Waals surface area contributed by atoms with Gasteiger partial charge in [0.25, 0.3) is 0 Å². The van der Waals surface area contributed by atoms with Crippen molar-refractivity contribution in [3.05, 3.63) is 43.0 Å². The van der Waals surface area contributed by atoms with Gasteiger partial charge in [-0.15, -0.1) is 0 Å². The molecule has 9 nitrogen and oxygen atoms in total. The van der Waals surface area contributed by atoms with E-state index in [1.165, 1.54) is 0 Å². The van der Waals surface area contributed by atoms with Crippen molar-refractivity contribution in [1.29, 1.82) is 0 Å². The van der Waals surface area contributed by atoms with Crippen LogP contribution in [0, 0.1) is 11.8 Å². The van der Waals surface area contributed by atoms with E-state index in [2.05, 4.69) is 39.4 Å². The van der Waals surface area contributed by atoms with Crippen LogP contribution in [-0.2, 0) is 9.53 Å². The molecule has 1 aliphatic carbocycles. The van der Waals surface area contributed by atoms with Crippen molar-refractivity contribution in [2.75, 3.05) is 43.6 Å².